The fourth-order valence-corrected chi connectivity index (χ4v) is 2.83. The minimum absolute atomic E-state index is 0.139. The lowest BCUT2D eigenvalue weighted by Gasteiger charge is -2.15. The summed E-state index contributed by atoms with van der Waals surface area (Å²) in [5.41, 5.74) is 0.929. The Morgan fingerprint density at radius 1 is 1.55 bits per heavy atom. The summed E-state index contributed by atoms with van der Waals surface area (Å²) >= 11 is 7.09. The predicted octanol–water partition coefficient (Wildman–Crippen LogP) is 2.93. The van der Waals surface area contributed by atoms with Crippen molar-refractivity contribution in [3.05, 3.63) is 39.9 Å². The van der Waals surface area contributed by atoms with Crippen molar-refractivity contribution in [2.75, 3.05) is 19.1 Å². The maximum Gasteiger partial charge on any atom is 0.351 e. The molecule has 0 aliphatic carbocycles. The molecule has 0 atom stereocenters. The van der Waals surface area contributed by atoms with Gasteiger partial charge in [0, 0.05) is 13.6 Å². The third kappa shape index (κ3) is 3.20. The van der Waals surface area contributed by atoms with Gasteiger partial charge in [-0.05, 0) is 17.7 Å². The molecule has 1 aromatic carbocycles. The number of anilines is 1. The predicted molar refractivity (Wildman–Crippen MR) is 78.7 cm³/mol. The molecule has 106 valence electrons. The highest BCUT2D eigenvalue weighted by Gasteiger charge is 2.19. The van der Waals surface area contributed by atoms with E-state index in [2.05, 4.69) is 9.72 Å². The van der Waals surface area contributed by atoms with E-state index in [4.69, 9.17) is 11.6 Å². The summed E-state index contributed by atoms with van der Waals surface area (Å²) in [6, 6.07) is 6.95. The first-order chi connectivity index (χ1) is 9.51. The first kappa shape index (κ1) is 14.6. The first-order valence-corrected chi connectivity index (χ1v) is 6.94. The molecular formula is C13H13ClN2O3S. The molecule has 0 unspecified atom stereocenters. The lowest BCUT2D eigenvalue weighted by Crippen LogP contribution is -2.15. The van der Waals surface area contributed by atoms with Gasteiger partial charge in [0.15, 0.2) is 15.2 Å². The number of phenols is 1. The number of carbonyl (C=O) groups is 1. The number of rotatable bonds is 4. The van der Waals surface area contributed by atoms with Crippen LogP contribution in [0.25, 0.3) is 0 Å². The van der Waals surface area contributed by atoms with Crippen LogP contribution < -0.4 is 4.90 Å². The SMILES string of the molecule is COC(=O)c1sc(N(C)Cc2cccc(O)c2)nc1Cl. The van der Waals surface area contributed by atoms with Crippen molar-refractivity contribution in [2.24, 2.45) is 0 Å². The molecule has 0 fully saturated rings. The van der Waals surface area contributed by atoms with Gasteiger partial charge in [0.05, 0.1) is 7.11 Å². The van der Waals surface area contributed by atoms with E-state index >= 15 is 0 Å². The highest BCUT2D eigenvalue weighted by molar-refractivity contribution is 7.18. The molecule has 7 heteroatoms. The van der Waals surface area contributed by atoms with Gasteiger partial charge in [0.1, 0.15) is 5.75 Å². The van der Waals surface area contributed by atoms with E-state index in [9.17, 15) is 9.90 Å². The number of aromatic nitrogens is 1. The molecule has 2 rings (SSSR count). The van der Waals surface area contributed by atoms with Gasteiger partial charge in [-0.1, -0.05) is 35.1 Å². The standard InChI is InChI=1S/C13H13ClN2O3S/c1-16(7-8-4-3-5-9(17)6-8)13-15-11(14)10(20-13)12(18)19-2/h3-6,17H,7H2,1-2H3. The molecule has 5 nitrogen and oxygen atoms in total. The summed E-state index contributed by atoms with van der Waals surface area (Å²) in [7, 11) is 3.13. The van der Waals surface area contributed by atoms with Crippen molar-refractivity contribution in [1.29, 1.82) is 0 Å². The second-order valence-corrected chi connectivity index (χ2v) is 5.47. The Balaban J connectivity index is 2.17. The van der Waals surface area contributed by atoms with Gasteiger partial charge in [-0.3, -0.25) is 0 Å². The first-order valence-electron chi connectivity index (χ1n) is 5.75. The lowest BCUT2D eigenvalue weighted by molar-refractivity contribution is 0.0606. The van der Waals surface area contributed by atoms with Crippen molar-refractivity contribution in [1.82, 2.24) is 4.98 Å². The van der Waals surface area contributed by atoms with Gasteiger partial charge in [0.2, 0.25) is 0 Å². The number of benzene rings is 1. The van der Waals surface area contributed by atoms with E-state index < -0.39 is 5.97 Å². The maximum absolute atomic E-state index is 11.5. The van der Waals surface area contributed by atoms with Gasteiger partial charge in [-0.2, -0.15) is 0 Å². The van der Waals surface area contributed by atoms with Crippen LogP contribution in [0.5, 0.6) is 5.75 Å². The van der Waals surface area contributed by atoms with Crippen LogP contribution >= 0.6 is 22.9 Å². The molecule has 20 heavy (non-hydrogen) atoms. The average molecular weight is 313 g/mol. The van der Waals surface area contributed by atoms with Gasteiger partial charge < -0.3 is 14.7 Å². The van der Waals surface area contributed by atoms with Crippen LogP contribution in [0.15, 0.2) is 24.3 Å². The summed E-state index contributed by atoms with van der Waals surface area (Å²) in [6.07, 6.45) is 0. The molecule has 0 amide bonds. The summed E-state index contributed by atoms with van der Waals surface area (Å²) in [6.45, 7) is 0.541. The molecule has 0 aliphatic heterocycles. The van der Waals surface area contributed by atoms with E-state index in [0.717, 1.165) is 5.56 Å². The molecule has 1 heterocycles. The molecule has 0 spiro atoms. The number of esters is 1. The maximum atomic E-state index is 11.5. The highest BCUT2D eigenvalue weighted by Crippen LogP contribution is 2.30. The fourth-order valence-electron chi connectivity index (χ4n) is 1.67. The highest BCUT2D eigenvalue weighted by atomic mass is 35.5. The van der Waals surface area contributed by atoms with E-state index in [-0.39, 0.29) is 15.8 Å². The summed E-state index contributed by atoms with van der Waals surface area (Å²) in [5, 5.41) is 10.2. The number of carbonyl (C=O) groups excluding carboxylic acids is 1. The third-order valence-electron chi connectivity index (χ3n) is 2.60. The lowest BCUT2D eigenvalue weighted by atomic mass is 10.2. The van der Waals surface area contributed by atoms with Gasteiger partial charge in [-0.15, -0.1) is 0 Å². The van der Waals surface area contributed by atoms with Crippen molar-refractivity contribution in [2.45, 2.75) is 6.54 Å². The second-order valence-electron chi connectivity index (χ2n) is 4.13. The van der Waals surface area contributed by atoms with E-state index in [1.165, 1.54) is 18.4 Å². The van der Waals surface area contributed by atoms with Crippen LogP contribution in [0.4, 0.5) is 5.13 Å². The van der Waals surface area contributed by atoms with Crippen LogP contribution in [-0.2, 0) is 11.3 Å². The number of phenolic OH excluding ortho intramolecular Hbond substituents is 1. The van der Waals surface area contributed by atoms with Crippen LogP contribution in [0.3, 0.4) is 0 Å². The quantitative estimate of drug-likeness (QED) is 0.879. The number of hydrogen-bond acceptors (Lipinski definition) is 6. The van der Waals surface area contributed by atoms with Gasteiger partial charge in [-0.25, -0.2) is 9.78 Å². The second kappa shape index (κ2) is 6.11. The Morgan fingerprint density at radius 3 is 2.95 bits per heavy atom. The molecule has 1 aromatic heterocycles. The summed E-state index contributed by atoms with van der Waals surface area (Å²) < 4.78 is 4.64. The molecule has 0 radical (unpaired) electrons. The Bertz CT molecular complexity index is 630. The van der Waals surface area contributed by atoms with E-state index in [1.54, 1.807) is 18.2 Å². The van der Waals surface area contributed by atoms with Crippen LogP contribution in [0.1, 0.15) is 15.2 Å². The fraction of sp³-hybridized carbons (Fsp3) is 0.231. The van der Waals surface area contributed by atoms with Crippen molar-refractivity contribution < 1.29 is 14.6 Å². The Hall–Kier alpha value is -1.79. The zero-order valence-electron chi connectivity index (χ0n) is 11.0. The van der Waals surface area contributed by atoms with Crippen LogP contribution in [-0.4, -0.2) is 30.2 Å². The monoisotopic (exact) mass is 312 g/mol. The minimum Gasteiger partial charge on any atom is -0.508 e. The number of hydrogen-bond donors (Lipinski definition) is 1. The zero-order chi connectivity index (χ0) is 14.7. The molecule has 0 aliphatic rings. The van der Waals surface area contributed by atoms with Crippen LogP contribution in [0.2, 0.25) is 5.15 Å². The number of methoxy groups -OCH3 is 1. The van der Waals surface area contributed by atoms with E-state index in [0.29, 0.717) is 11.7 Å². The minimum atomic E-state index is -0.496. The summed E-state index contributed by atoms with van der Waals surface area (Å²) in [5.74, 6) is -0.284. The van der Waals surface area contributed by atoms with Gasteiger partial charge >= 0.3 is 5.97 Å². The third-order valence-corrected chi connectivity index (χ3v) is 4.14. The molecule has 0 bridgehead atoms. The van der Waals surface area contributed by atoms with Crippen molar-refractivity contribution >= 4 is 34.0 Å². The van der Waals surface area contributed by atoms with Gasteiger partial charge in [0.25, 0.3) is 0 Å². The molecular weight excluding hydrogens is 300 g/mol. The summed E-state index contributed by atoms with van der Waals surface area (Å²) in [4.78, 5) is 17.8. The largest absolute Gasteiger partial charge is 0.508 e. The van der Waals surface area contributed by atoms with E-state index in [1.807, 2.05) is 18.0 Å². The number of halogens is 1. The Kier molecular flexibility index (Phi) is 4.46. The normalized spacial score (nSPS) is 10.3. The average Bonchev–Trinajstić information content (AvgIpc) is 2.80. The number of ether oxygens (including phenoxy) is 1. The zero-order valence-corrected chi connectivity index (χ0v) is 12.5. The molecule has 2 aromatic rings. The smallest absolute Gasteiger partial charge is 0.351 e. The molecule has 0 saturated carbocycles. The Morgan fingerprint density at radius 2 is 2.30 bits per heavy atom. The van der Waals surface area contributed by atoms with Crippen LogP contribution in [0, 0.1) is 0 Å². The Labute approximate surface area is 125 Å². The molecule has 1 N–H and O–H groups in total. The topological polar surface area (TPSA) is 62.7 Å². The van der Waals surface area contributed by atoms with Crippen molar-refractivity contribution in [3.63, 3.8) is 0 Å². The number of thiazole rings is 1. The van der Waals surface area contributed by atoms with Crippen molar-refractivity contribution in [3.8, 4) is 5.75 Å². The molecule has 0 saturated heterocycles. The number of aromatic hydroxyl groups is 1. The number of nitrogens with zero attached hydrogens (tertiary/aromatic N) is 2.